The Morgan fingerprint density at radius 2 is 1.74 bits per heavy atom. The highest BCUT2D eigenvalue weighted by Crippen LogP contribution is 2.24. The molecule has 0 spiro atoms. The smallest absolute Gasteiger partial charge is 0.193 e. The largest absolute Gasteiger partial charge is 0.384 e. The van der Waals surface area contributed by atoms with Gasteiger partial charge in [-0.1, -0.05) is 0 Å². The van der Waals surface area contributed by atoms with Gasteiger partial charge in [0.15, 0.2) is 5.78 Å². The number of fused-ring (bicyclic) bond motifs is 1. The molecule has 0 aliphatic carbocycles. The number of hydrogen-bond donors (Lipinski definition) is 1. The fourth-order valence-electron chi connectivity index (χ4n) is 2.30. The van der Waals surface area contributed by atoms with Gasteiger partial charge in [0, 0.05) is 29.4 Å². The van der Waals surface area contributed by atoms with Gasteiger partial charge in [0.25, 0.3) is 0 Å². The second-order valence-electron chi connectivity index (χ2n) is 4.54. The number of carbonyl (C=O) groups excluding carboxylic acids is 1. The van der Waals surface area contributed by atoms with Crippen molar-refractivity contribution >= 4 is 11.5 Å². The lowest BCUT2D eigenvalue weighted by atomic mass is 10.00. The van der Waals surface area contributed by atoms with Crippen LogP contribution in [-0.4, -0.2) is 12.3 Å². The molecule has 0 bridgehead atoms. The molecule has 0 radical (unpaired) electrons. The molecule has 1 aliphatic heterocycles. The molecule has 0 saturated carbocycles. The van der Waals surface area contributed by atoms with Crippen LogP contribution in [0, 0.1) is 11.6 Å². The molecule has 3 rings (SSSR count). The van der Waals surface area contributed by atoms with Crippen LogP contribution in [0.3, 0.4) is 0 Å². The number of nitrogens with one attached hydrogen (secondary N) is 1. The molecule has 1 N–H and O–H groups in total. The lowest BCUT2D eigenvalue weighted by Gasteiger charge is -2.05. The Kier molecular flexibility index (Phi) is 2.78. The topological polar surface area (TPSA) is 29.1 Å². The summed E-state index contributed by atoms with van der Waals surface area (Å²) in [4.78, 5) is 12.2. The van der Waals surface area contributed by atoms with Crippen LogP contribution in [0.15, 0.2) is 36.4 Å². The van der Waals surface area contributed by atoms with Gasteiger partial charge in [0.1, 0.15) is 11.6 Å². The number of carbonyl (C=O) groups is 1. The third-order valence-corrected chi connectivity index (χ3v) is 3.20. The SMILES string of the molecule is O=C(c1cc(F)cc(F)c1)c1ccc2c(c1)CCN2. The van der Waals surface area contributed by atoms with E-state index in [0.717, 1.165) is 42.4 Å². The van der Waals surface area contributed by atoms with E-state index in [4.69, 9.17) is 0 Å². The fraction of sp³-hybridized carbons (Fsp3) is 0.133. The van der Waals surface area contributed by atoms with Crippen molar-refractivity contribution in [3.8, 4) is 0 Å². The molecule has 96 valence electrons. The van der Waals surface area contributed by atoms with Gasteiger partial charge in [-0.2, -0.15) is 0 Å². The van der Waals surface area contributed by atoms with Gasteiger partial charge in [-0.3, -0.25) is 4.79 Å². The highest BCUT2D eigenvalue weighted by Gasteiger charge is 2.16. The zero-order valence-corrected chi connectivity index (χ0v) is 10.0. The predicted molar refractivity (Wildman–Crippen MR) is 68.4 cm³/mol. The molecule has 0 amide bonds. The maximum atomic E-state index is 13.1. The Bertz CT molecular complexity index is 647. The quantitative estimate of drug-likeness (QED) is 0.839. The average molecular weight is 259 g/mol. The van der Waals surface area contributed by atoms with E-state index in [1.54, 1.807) is 12.1 Å². The first-order chi connectivity index (χ1) is 9.13. The zero-order valence-electron chi connectivity index (χ0n) is 10.0. The van der Waals surface area contributed by atoms with Gasteiger partial charge < -0.3 is 5.32 Å². The van der Waals surface area contributed by atoms with E-state index in [0.29, 0.717) is 5.56 Å². The van der Waals surface area contributed by atoms with Crippen molar-refractivity contribution in [3.63, 3.8) is 0 Å². The average Bonchev–Trinajstić information content (AvgIpc) is 2.83. The monoisotopic (exact) mass is 259 g/mol. The molecule has 0 fully saturated rings. The van der Waals surface area contributed by atoms with E-state index >= 15 is 0 Å². The number of benzene rings is 2. The first kappa shape index (κ1) is 11.8. The van der Waals surface area contributed by atoms with E-state index in [-0.39, 0.29) is 11.3 Å². The minimum Gasteiger partial charge on any atom is -0.384 e. The molecule has 4 heteroatoms. The summed E-state index contributed by atoms with van der Waals surface area (Å²) in [6.07, 6.45) is 0.855. The third kappa shape index (κ3) is 2.21. The minimum absolute atomic E-state index is 0.0309. The summed E-state index contributed by atoms with van der Waals surface area (Å²) in [6, 6.07) is 8.13. The van der Waals surface area contributed by atoms with Crippen molar-refractivity contribution in [3.05, 3.63) is 64.7 Å². The number of halogens is 2. The second-order valence-corrected chi connectivity index (χ2v) is 4.54. The number of anilines is 1. The third-order valence-electron chi connectivity index (χ3n) is 3.20. The van der Waals surface area contributed by atoms with E-state index < -0.39 is 11.6 Å². The summed E-state index contributed by atoms with van der Waals surface area (Å²) in [6.45, 7) is 0.849. The molecular formula is C15H11F2NO. The van der Waals surface area contributed by atoms with Crippen LogP contribution in [0.2, 0.25) is 0 Å². The molecule has 1 aliphatic rings. The fourth-order valence-corrected chi connectivity index (χ4v) is 2.30. The first-order valence-corrected chi connectivity index (χ1v) is 6.01. The number of rotatable bonds is 2. The van der Waals surface area contributed by atoms with Crippen LogP contribution in [0.4, 0.5) is 14.5 Å². The molecular weight excluding hydrogens is 248 g/mol. The molecule has 0 saturated heterocycles. The van der Waals surface area contributed by atoms with Crippen molar-refractivity contribution in [2.45, 2.75) is 6.42 Å². The molecule has 0 atom stereocenters. The van der Waals surface area contributed by atoms with Gasteiger partial charge in [0.05, 0.1) is 0 Å². The first-order valence-electron chi connectivity index (χ1n) is 6.01. The normalized spacial score (nSPS) is 12.9. The summed E-state index contributed by atoms with van der Waals surface area (Å²) < 4.78 is 26.2. The lowest BCUT2D eigenvalue weighted by molar-refractivity contribution is 0.103. The van der Waals surface area contributed by atoms with Crippen molar-refractivity contribution in [2.75, 3.05) is 11.9 Å². The van der Waals surface area contributed by atoms with Gasteiger partial charge in [-0.25, -0.2) is 8.78 Å². The van der Waals surface area contributed by atoms with E-state index in [1.807, 2.05) is 6.07 Å². The van der Waals surface area contributed by atoms with Crippen LogP contribution < -0.4 is 5.32 Å². The number of ketones is 1. The van der Waals surface area contributed by atoms with E-state index in [9.17, 15) is 13.6 Å². The lowest BCUT2D eigenvalue weighted by Crippen LogP contribution is -2.03. The minimum atomic E-state index is -0.744. The molecule has 0 unspecified atom stereocenters. The summed E-state index contributed by atoms with van der Waals surface area (Å²) >= 11 is 0. The highest BCUT2D eigenvalue weighted by molar-refractivity contribution is 6.09. The van der Waals surface area contributed by atoms with E-state index in [2.05, 4.69) is 5.32 Å². The molecule has 2 aromatic carbocycles. The Labute approximate surface area is 109 Å². The van der Waals surface area contributed by atoms with Crippen molar-refractivity contribution in [1.82, 2.24) is 0 Å². The standard InChI is InChI=1S/C15H11F2NO/c16-12-6-11(7-13(17)8-12)15(19)10-1-2-14-9(5-10)3-4-18-14/h1-2,5-8,18H,3-4H2. The summed E-state index contributed by atoms with van der Waals surface area (Å²) in [5.41, 5.74) is 2.56. The summed E-state index contributed by atoms with van der Waals surface area (Å²) in [5, 5.41) is 3.19. The molecule has 19 heavy (non-hydrogen) atoms. The second kappa shape index (κ2) is 4.46. The Balaban J connectivity index is 1.99. The summed E-state index contributed by atoms with van der Waals surface area (Å²) in [5.74, 6) is -1.86. The molecule has 2 nitrogen and oxygen atoms in total. The van der Waals surface area contributed by atoms with Crippen molar-refractivity contribution < 1.29 is 13.6 Å². The van der Waals surface area contributed by atoms with Gasteiger partial charge in [-0.05, 0) is 42.3 Å². The van der Waals surface area contributed by atoms with Crippen molar-refractivity contribution in [1.29, 1.82) is 0 Å². The van der Waals surface area contributed by atoms with Crippen LogP contribution >= 0.6 is 0 Å². The number of hydrogen-bond acceptors (Lipinski definition) is 2. The molecule has 0 aromatic heterocycles. The van der Waals surface area contributed by atoms with Gasteiger partial charge >= 0.3 is 0 Å². The van der Waals surface area contributed by atoms with Gasteiger partial charge in [-0.15, -0.1) is 0 Å². The Morgan fingerprint density at radius 3 is 2.47 bits per heavy atom. The van der Waals surface area contributed by atoms with Gasteiger partial charge in [0.2, 0.25) is 0 Å². The van der Waals surface area contributed by atoms with Crippen molar-refractivity contribution in [2.24, 2.45) is 0 Å². The van der Waals surface area contributed by atoms with Crippen LogP contribution in [0.25, 0.3) is 0 Å². The maximum absolute atomic E-state index is 13.1. The molecule has 1 heterocycles. The zero-order chi connectivity index (χ0) is 13.4. The summed E-state index contributed by atoms with van der Waals surface area (Å²) in [7, 11) is 0. The predicted octanol–water partition coefficient (Wildman–Crippen LogP) is 3.16. The molecule has 2 aromatic rings. The van der Waals surface area contributed by atoms with Crippen LogP contribution in [0.5, 0.6) is 0 Å². The Morgan fingerprint density at radius 1 is 1.00 bits per heavy atom. The van der Waals surface area contributed by atoms with E-state index in [1.165, 1.54) is 0 Å². The van der Waals surface area contributed by atoms with Crippen LogP contribution in [0.1, 0.15) is 21.5 Å². The Hall–Kier alpha value is -2.23. The maximum Gasteiger partial charge on any atom is 0.193 e. The van der Waals surface area contributed by atoms with Crippen LogP contribution in [-0.2, 0) is 6.42 Å². The highest BCUT2D eigenvalue weighted by atomic mass is 19.1.